The van der Waals surface area contributed by atoms with Gasteiger partial charge in [0, 0.05) is 5.02 Å². The molecule has 0 unspecified atom stereocenters. The van der Waals surface area contributed by atoms with E-state index in [4.69, 9.17) is 16.3 Å². The van der Waals surface area contributed by atoms with Gasteiger partial charge >= 0.3 is 5.97 Å². The van der Waals surface area contributed by atoms with Crippen molar-refractivity contribution in [3.8, 4) is 0 Å². The van der Waals surface area contributed by atoms with Crippen LogP contribution < -0.4 is 0 Å². The summed E-state index contributed by atoms with van der Waals surface area (Å²) in [7, 11) is 0. The Morgan fingerprint density at radius 1 is 0.950 bits per heavy atom. The molecule has 3 heteroatoms. The quantitative estimate of drug-likeness (QED) is 0.758. The van der Waals surface area contributed by atoms with E-state index < -0.39 is 0 Å². The Morgan fingerprint density at radius 2 is 1.50 bits per heavy atom. The molecule has 0 saturated heterocycles. The normalized spacial score (nSPS) is 38.0. The van der Waals surface area contributed by atoms with Crippen LogP contribution in [0.4, 0.5) is 0 Å². The van der Waals surface area contributed by atoms with Crippen molar-refractivity contribution < 1.29 is 9.53 Å². The van der Waals surface area contributed by atoms with Gasteiger partial charge in [0.2, 0.25) is 0 Å². The summed E-state index contributed by atoms with van der Waals surface area (Å²) in [5.74, 6) is 2.86. The van der Waals surface area contributed by atoms with Crippen molar-refractivity contribution in [2.75, 3.05) is 0 Å². The topological polar surface area (TPSA) is 26.3 Å². The van der Waals surface area contributed by atoms with Gasteiger partial charge in [-0.05, 0) is 80.0 Å². The predicted molar refractivity (Wildman–Crippen MR) is 77.7 cm³/mol. The van der Waals surface area contributed by atoms with E-state index in [2.05, 4.69) is 0 Å². The molecule has 2 nitrogen and oxygen atoms in total. The number of benzene rings is 1. The maximum atomic E-state index is 12.3. The number of carbonyl (C=O) groups is 1. The van der Waals surface area contributed by atoms with E-state index in [-0.39, 0.29) is 12.1 Å². The molecule has 0 spiro atoms. The van der Waals surface area contributed by atoms with Crippen LogP contribution in [0.5, 0.6) is 0 Å². The zero-order valence-corrected chi connectivity index (χ0v) is 12.2. The highest BCUT2D eigenvalue weighted by Crippen LogP contribution is 2.54. The fraction of sp³-hybridized carbons (Fsp3) is 0.588. The Kier molecular flexibility index (Phi) is 3.03. The lowest BCUT2D eigenvalue weighted by atomic mass is 9.55. The Labute approximate surface area is 124 Å². The van der Waals surface area contributed by atoms with Crippen LogP contribution in [-0.2, 0) is 4.74 Å². The zero-order valence-electron chi connectivity index (χ0n) is 11.4. The molecule has 4 aliphatic carbocycles. The highest BCUT2D eigenvalue weighted by Gasteiger charge is 2.49. The molecule has 0 N–H and O–H groups in total. The van der Waals surface area contributed by atoms with Crippen molar-refractivity contribution in [3.63, 3.8) is 0 Å². The minimum Gasteiger partial charge on any atom is -0.458 e. The van der Waals surface area contributed by atoms with Gasteiger partial charge in [-0.1, -0.05) is 11.6 Å². The number of ether oxygens (including phenoxy) is 1. The maximum Gasteiger partial charge on any atom is 0.338 e. The monoisotopic (exact) mass is 290 g/mol. The summed E-state index contributed by atoms with van der Waals surface area (Å²) in [6, 6.07) is 6.99. The summed E-state index contributed by atoms with van der Waals surface area (Å²) < 4.78 is 5.87. The standard InChI is InChI=1S/C17H19ClO2/c18-15-3-1-12(2-4-15)17(19)20-16-13-6-10-5-11(8-13)9-14(16)7-10/h1-4,10-11,13-14,16H,5-9H2. The lowest BCUT2D eigenvalue weighted by molar-refractivity contribution is -0.101. The van der Waals surface area contributed by atoms with Crippen LogP contribution in [0.1, 0.15) is 42.5 Å². The maximum absolute atomic E-state index is 12.3. The number of halogens is 1. The molecular formula is C17H19ClO2. The highest BCUT2D eigenvalue weighted by molar-refractivity contribution is 6.30. The second-order valence-corrected chi connectivity index (χ2v) is 7.24. The van der Waals surface area contributed by atoms with Crippen LogP contribution in [0.2, 0.25) is 5.02 Å². The number of carbonyl (C=O) groups excluding carboxylic acids is 1. The van der Waals surface area contributed by atoms with Gasteiger partial charge in [-0.15, -0.1) is 0 Å². The lowest BCUT2D eigenvalue weighted by Gasteiger charge is -2.53. The molecular weight excluding hydrogens is 272 g/mol. The molecule has 4 aliphatic rings. The molecule has 5 rings (SSSR count). The second-order valence-electron chi connectivity index (χ2n) is 6.81. The van der Waals surface area contributed by atoms with E-state index in [0.717, 1.165) is 11.8 Å². The first-order valence-electron chi connectivity index (χ1n) is 7.65. The van der Waals surface area contributed by atoms with Gasteiger partial charge < -0.3 is 4.74 Å². The van der Waals surface area contributed by atoms with Gasteiger partial charge in [-0.2, -0.15) is 0 Å². The first kappa shape index (κ1) is 12.7. The summed E-state index contributed by atoms with van der Waals surface area (Å²) >= 11 is 5.85. The third-order valence-corrected chi connectivity index (χ3v) is 5.72. The van der Waals surface area contributed by atoms with Crippen molar-refractivity contribution in [1.29, 1.82) is 0 Å². The number of esters is 1. The first-order valence-corrected chi connectivity index (χ1v) is 8.03. The van der Waals surface area contributed by atoms with Gasteiger partial charge in [0.25, 0.3) is 0 Å². The fourth-order valence-corrected chi connectivity index (χ4v) is 4.97. The van der Waals surface area contributed by atoms with E-state index in [9.17, 15) is 4.79 Å². The number of rotatable bonds is 2. The van der Waals surface area contributed by atoms with E-state index in [0.29, 0.717) is 22.4 Å². The summed E-state index contributed by atoms with van der Waals surface area (Å²) in [4.78, 5) is 12.3. The summed E-state index contributed by atoms with van der Waals surface area (Å²) in [5.41, 5.74) is 0.614. The molecule has 0 radical (unpaired) electrons. The Morgan fingerprint density at radius 3 is 2.05 bits per heavy atom. The molecule has 4 bridgehead atoms. The molecule has 0 atom stereocenters. The zero-order chi connectivity index (χ0) is 13.7. The predicted octanol–water partition coefficient (Wildman–Crippen LogP) is 4.32. The Balaban J connectivity index is 1.49. The van der Waals surface area contributed by atoms with Crippen molar-refractivity contribution in [1.82, 2.24) is 0 Å². The van der Waals surface area contributed by atoms with Crippen LogP contribution >= 0.6 is 11.6 Å². The second kappa shape index (κ2) is 4.77. The Bertz CT molecular complexity index is 494. The molecule has 1 aromatic carbocycles. The molecule has 4 saturated carbocycles. The third kappa shape index (κ3) is 2.14. The van der Waals surface area contributed by atoms with Gasteiger partial charge in [-0.3, -0.25) is 0 Å². The number of hydrogen-bond acceptors (Lipinski definition) is 2. The average molecular weight is 291 g/mol. The van der Waals surface area contributed by atoms with Crippen LogP contribution in [-0.4, -0.2) is 12.1 Å². The largest absolute Gasteiger partial charge is 0.458 e. The average Bonchev–Trinajstić information content (AvgIpc) is 2.42. The summed E-state index contributed by atoms with van der Waals surface area (Å²) in [5, 5.41) is 0.649. The van der Waals surface area contributed by atoms with Crippen molar-refractivity contribution in [2.45, 2.75) is 38.2 Å². The molecule has 4 fully saturated rings. The fourth-order valence-electron chi connectivity index (χ4n) is 4.85. The van der Waals surface area contributed by atoms with E-state index in [1.807, 2.05) is 0 Å². The summed E-state index contributed by atoms with van der Waals surface area (Å²) in [6.45, 7) is 0. The molecule has 1 aromatic rings. The van der Waals surface area contributed by atoms with Crippen LogP contribution in [0, 0.1) is 23.7 Å². The molecule has 0 aromatic heterocycles. The minimum atomic E-state index is -0.181. The van der Waals surface area contributed by atoms with E-state index >= 15 is 0 Å². The Hall–Kier alpha value is -1.02. The van der Waals surface area contributed by atoms with E-state index in [1.165, 1.54) is 32.1 Å². The van der Waals surface area contributed by atoms with Gasteiger partial charge in [0.1, 0.15) is 6.10 Å². The van der Waals surface area contributed by atoms with Crippen molar-refractivity contribution in [3.05, 3.63) is 34.9 Å². The van der Waals surface area contributed by atoms with Crippen LogP contribution in [0.25, 0.3) is 0 Å². The van der Waals surface area contributed by atoms with Crippen LogP contribution in [0.15, 0.2) is 24.3 Å². The molecule has 20 heavy (non-hydrogen) atoms. The molecule has 0 heterocycles. The van der Waals surface area contributed by atoms with Crippen molar-refractivity contribution in [2.24, 2.45) is 23.7 Å². The molecule has 0 amide bonds. The highest BCUT2D eigenvalue weighted by atomic mass is 35.5. The lowest BCUT2D eigenvalue weighted by Crippen LogP contribution is -2.50. The van der Waals surface area contributed by atoms with Gasteiger partial charge in [-0.25, -0.2) is 4.79 Å². The molecule has 106 valence electrons. The first-order chi connectivity index (χ1) is 9.69. The smallest absolute Gasteiger partial charge is 0.338 e. The van der Waals surface area contributed by atoms with Gasteiger partial charge in [0.15, 0.2) is 0 Å². The number of hydrogen-bond donors (Lipinski definition) is 0. The third-order valence-electron chi connectivity index (χ3n) is 5.46. The minimum absolute atomic E-state index is 0.158. The summed E-state index contributed by atoms with van der Waals surface area (Å²) in [6.07, 6.45) is 6.66. The molecule has 0 aliphatic heterocycles. The SMILES string of the molecule is O=C(OC1C2CC3CC(C2)CC1C3)c1ccc(Cl)cc1. The van der Waals surface area contributed by atoms with Crippen molar-refractivity contribution >= 4 is 17.6 Å². The van der Waals surface area contributed by atoms with Crippen LogP contribution in [0.3, 0.4) is 0 Å². The van der Waals surface area contributed by atoms with Gasteiger partial charge in [0.05, 0.1) is 5.56 Å². The van der Waals surface area contributed by atoms with E-state index in [1.54, 1.807) is 24.3 Å².